The molecule has 5 rings (SSSR count). The number of methoxy groups -OCH3 is 2. The van der Waals surface area contributed by atoms with Gasteiger partial charge in [-0.2, -0.15) is 0 Å². The number of carbonyl (C=O) groups is 4. The SMILES string of the molecule is COc1cc(OC)c2c(c1Cl)O[C@@]1(C(=O)C3=C(C[C@H]1C)NC(=O)C[C@@H]3c1cccc(OCC(N)=O)c1)C2=O. The van der Waals surface area contributed by atoms with E-state index in [0.717, 1.165) is 0 Å². The summed E-state index contributed by atoms with van der Waals surface area (Å²) in [6.07, 6.45) is 0.172. The number of rotatable bonds is 6. The van der Waals surface area contributed by atoms with Crippen LogP contribution in [0.1, 0.15) is 41.6 Å². The number of allylic oxidation sites excluding steroid dienone is 1. The Balaban J connectivity index is 1.61. The fourth-order valence-electron chi connectivity index (χ4n) is 5.45. The Hall–Kier alpha value is -4.05. The van der Waals surface area contributed by atoms with Crippen LogP contribution in [-0.2, 0) is 14.4 Å². The molecule has 2 aliphatic heterocycles. The van der Waals surface area contributed by atoms with Crippen molar-refractivity contribution in [3.05, 3.63) is 57.8 Å². The normalized spacial score (nSPS) is 23.9. The molecule has 38 heavy (non-hydrogen) atoms. The Labute approximate surface area is 223 Å². The summed E-state index contributed by atoms with van der Waals surface area (Å²) in [5.41, 5.74) is 4.68. The number of fused-ring (bicyclic) bond motifs is 1. The average Bonchev–Trinajstić information content (AvgIpc) is 3.21. The molecule has 11 heteroatoms. The molecule has 3 aliphatic rings. The van der Waals surface area contributed by atoms with Crippen molar-refractivity contribution >= 4 is 35.0 Å². The molecule has 0 unspecified atom stereocenters. The number of primary amides is 1. The molecule has 1 spiro atoms. The van der Waals surface area contributed by atoms with Crippen molar-refractivity contribution < 1.29 is 38.1 Å². The molecule has 1 aliphatic carbocycles. The third kappa shape index (κ3) is 3.78. The highest BCUT2D eigenvalue weighted by molar-refractivity contribution is 6.36. The lowest BCUT2D eigenvalue weighted by molar-refractivity contribution is -0.131. The first-order valence-electron chi connectivity index (χ1n) is 11.9. The van der Waals surface area contributed by atoms with Gasteiger partial charge in [-0.1, -0.05) is 30.7 Å². The van der Waals surface area contributed by atoms with E-state index in [9.17, 15) is 19.2 Å². The van der Waals surface area contributed by atoms with Crippen LogP contribution in [0.25, 0.3) is 0 Å². The first-order chi connectivity index (χ1) is 18.1. The lowest BCUT2D eigenvalue weighted by Crippen LogP contribution is -2.59. The maximum atomic E-state index is 14.4. The summed E-state index contributed by atoms with van der Waals surface area (Å²) in [6.45, 7) is 1.39. The van der Waals surface area contributed by atoms with E-state index >= 15 is 0 Å². The largest absolute Gasteiger partial charge is 0.496 e. The molecule has 0 fully saturated rings. The third-order valence-electron chi connectivity index (χ3n) is 7.20. The number of nitrogens with two attached hydrogens (primary N) is 1. The zero-order chi connectivity index (χ0) is 27.4. The predicted octanol–water partition coefficient (Wildman–Crippen LogP) is 2.70. The fraction of sp³-hybridized carbons (Fsp3) is 0.333. The van der Waals surface area contributed by atoms with Gasteiger partial charge in [-0.25, -0.2) is 0 Å². The van der Waals surface area contributed by atoms with Crippen molar-refractivity contribution in [1.82, 2.24) is 5.32 Å². The number of ether oxygens (including phenoxy) is 4. The second kappa shape index (κ2) is 9.36. The summed E-state index contributed by atoms with van der Waals surface area (Å²) in [5, 5.41) is 2.87. The van der Waals surface area contributed by atoms with Crippen LogP contribution in [0.4, 0.5) is 0 Å². The summed E-state index contributed by atoms with van der Waals surface area (Å²) in [5.74, 6) is -2.55. The molecule has 2 aromatic carbocycles. The molecule has 10 nitrogen and oxygen atoms in total. The van der Waals surface area contributed by atoms with Crippen LogP contribution in [0.5, 0.6) is 23.0 Å². The lowest BCUT2D eigenvalue weighted by atomic mass is 9.66. The summed E-state index contributed by atoms with van der Waals surface area (Å²) in [6, 6.07) is 8.20. The van der Waals surface area contributed by atoms with Gasteiger partial charge in [-0.05, 0) is 24.1 Å². The minimum Gasteiger partial charge on any atom is -0.496 e. The summed E-state index contributed by atoms with van der Waals surface area (Å²) < 4.78 is 22.4. The number of amides is 2. The van der Waals surface area contributed by atoms with Crippen molar-refractivity contribution in [2.24, 2.45) is 11.7 Å². The van der Waals surface area contributed by atoms with Crippen molar-refractivity contribution in [2.75, 3.05) is 20.8 Å². The minimum atomic E-state index is -1.90. The molecule has 3 atom stereocenters. The van der Waals surface area contributed by atoms with E-state index in [4.69, 9.17) is 36.3 Å². The summed E-state index contributed by atoms with van der Waals surface area (Å²) in [7, 11) is 2.82. The van der Waals surface area contributed by atoms with Crippen LogP contribution >= 0.6 is 11.6 Å². The zero-order valence-electron chi connectivity index (χ0n) is 20.9. The van der Waals surface area contributed by atoms with E-state index in [2.05, 4.69) is 5.32 Å². The van der Waals surface area contributed by atoms with E-state index in [1.165, 1.54) is 20.3 Å². The lowest BCUT2D eigenvalue weighted by Gasteiger charge is -2.41. The number of Topliss-reactive ketones (excluding diaryl/α,β-unsaturated/α-hetero) is 2. The molecule has 2 amide bonds. The standard InChI is InChI=1S/C27H25ClN2O8/c1-12-7-16-21(15(9-20(32)30-16)13-5-4-6-14(8-13)37-11-19(29)31)25(33)27(12)26(34)22-17(35-2)10-18(36-3)23(28)24(22)38-27/h4-6,8,10,12,15H,7,9,11H2,1-3H3,(H2,29,31)(H,30,32)/t12-,15-,27+/m1/s1. The average molecular weight is 541 g/mol. The highest BCUT2D eigenvalue weighted by Gasteiger charge is 2.63. The van der Waals surface area contributed by atoms with E-state index in [1.807, 2.05) is 0 Å². The van der Waals surface area contributed by atoms with Crippen molar-refractivity contribution in [3.8, 4) is 23.0 Å². The molecule has 3 N–H and O–H groups in total. The first kappa shape index (κ1) is 25.6. The Morgan fingerprint density at radius 1 is 1.13 bits per heavy atom. The van der Waals surface area contributed by atoms with Gasteiger partial charge in [-0.3, -0.25) is 19.2 Å². The van der Waals surface area contributed by atoms with Gasteiger partial charge in [0.15, 0.2) is 12.4 Å². The zero-order valence-corrected chi connectivity index (χ0v) is 21.6. The van der Waals surface area contributed by atoms with E-state index in [0.29, 0.717) is 17.0 Å². The van der Waals surface area contributed by atoms with Gasteiger partial charge in [-0.15, -0.1) is 0 Å². The Bertz CT molecular complexity index is 1430. The number of nitrogens with one attached hydrogen (secondary N) is 1. The molecule has 0 saturated heterocycles. The number of halogens is 1. The Morgan fingerprint density at radius 3 is 2.55 bits per heavy atom. The van der Waals surface area contributed by atoms with E-state index in [1.54, 1.807) is 31.2 Å². The maximum Gasteiger partial charge on any atom is 0.255 e. The molecule has 2 aromatic rings. The molecular weight excluding hydrogens is 516 g/mol. The van der Waals surface area contributed by atoms with Crippen LogP contribution in [0, 0.1) is 5.92 Å². The molecule has 0 aromatic heterocycles. The number of benzene rings is 2. The summed E-state index contributed by atoms with van der Waals surface area (Å²) >= 11 is 6.51. The highest BCUT2D eigenvalue weighted by Crippen LogP contribution is 2.55. The Kier molecular flexibility index (Phi) is 6.30. The molecule has 0 saturated carbocycles. The minimum absolute atomic E-state index is 0.0235. The fourth-order valence-corrected chi connectivity index (χ4v) is 5.71. The van der Waals surface area contributed by atoms with Gasteiger partial charge >= 0.3 is 0 Å². The van der Waals surface area contributed by atoms with Gasteiger partial charge < -0.3 is 30.0 Å². The number of hydrogen-bond donors (Lipinski definition) is 2. The topological polar surface area (TPSA) is 143 Å². The monoisotopic (exact) mass is 540 g/mol. The first-order valence-corrected chi connectivity index (χ1v) is 12.3. The maximum absolute atomic E-state index is 14.4. The van der Waals surface area contributed by atoms with E-state index < -0.39 is 34.9 Å². The Morgan fingerprint density at radius 2 is 1.87 bits per heavy atom. The quantitative estimate of drug-likeness (QED) is 0.532. The van der Waals surface area contributed by atoms with Gasteiger partial charge in [0.1, 0.15) is 27.8 Å². The van der Waals surface area contributed by atoms with Gasteiger partial charge in [0, 0.05) is 35.6 Å². The summed E-state index contributed by atoms with van der Waals surface area (Å²) in [4.78, 5) is 52.2. The molecule has 0 bridgehead atoms. The third-order valence-corrected chi connectivity index (χ3v) is 7.56. The molecule has 198 valence electrons. The second-order valence-electron chi connectivity index (χ2n) is 9.42. The molecular formula is C27H25ClN2O8. The van der Waals surface area contributed by atoms with Gasteiger partial charge in [0.25, 0.3) is 5.91 Å². The number of ketones is 2. The van der Waals surface area contributed by atoms with Crippen molar-refractivity contribution in [2.45, 2.75) is 31.3 Å². The van der Waals surface area contributed by atoms with Gasteiger partial charge in [0.05, 0.1) is 14.2 Å². The van der Waals surface area contributed by atoms with Crippen molar-refractivity contribution in [3.63, 3.8) is 0 Å². The van der Waals surface area contributed by atoms with Gasteiger partial charge in [0.2, 0.25) is 23.1 Å². The van der Waals surface area contributed by atoms with Crippen LogP contribution in [-0.4, -0.2) is 49.8 Å². The number of hydrogen-bond acceptors (Lipinski definition) is 8. The number of carbonyl (C=O) groups excluding carboxylic acids is 4. The predicted molar refractivity (Wildman–Crippen MR) is 135 cm³/mol. The van der Waals surface area contributed by atoms with Crippen LogP contribution in [0.3, 0.4) is 0 Å². The highest BCUT2D eigenvalue weighted by atomic mass is 35.5. The van der Waals surface area contributed by atoms with Crippen LogP contribution in [0.15, 0.2) is 41.6 Å². The van der Waals surface area contributed by atoms with Crippen LogP contribution < -0.4 is 30.0 Å². The second-order valence-corrected chi connectivity index (χ2v) is 9.80. The van der Waals surface area contributed by atoms with E-state index in [-0.39, 0.29) is 58.8 Å². The van der Waals surface area contributed by atoms with Crippen molar-refractivity contribution in [1.29, 1.82) is 0 Å². The van der Waals surface area contributed by atoms with Crippen LogP contribution in [0.2, 0.25) is 5.02 Å². The molecule has 2 heterocycles. The molecule has 0 radical (unpaired) electrons. The smallest absolute Gasteiger partial charge is 0.255 e.